The second-order valence-electron chi connectivity index (χ2n) is 4.25. The molecule has 118 valence electrons. The average molecular weight is 390 g/mol. The van der Waals surface area contributed by atoms with Crippen LogP contribution in [0.5, 0.6) is 5.75 Å². The first-order valence-corrected chi connectivity index (χ1v) is 7.45. The fourth-order valence-corrected chi connectivity index (χ4v) is 2.16. The fourth-order valence-electron chi connectivity index (χ4n) is 1.37. The molecule has 1 aromatic rings. The van der Waals surface area contributed by atoms with Crippen molar-refractivity contribution in [3.8, 4) is 11.8 Å². The van der Waals surface area contributed by atoms with Crippen LogP contribution in [0.2, 0.25) is 5.02 Å². The van der Waals surface area contributed by atoms with E-state index in [1.54, 1.807) is 18.2 Å². The number of nitriles is 1. The van der Waals surface area contributed by atoms with Gasteiger partial charge in [-0.1, -0.05) is 11.6 Å². The molecule has 8 heteroatoms. The lowest BCUT2D eigenvalue weighted by Crippen LogP contribution is -2.32. The van der Waals surface area contributed by atoms with E-state index in [4.69, 9.17) is 26.3 Å². The van der Waals surface area contributed by atoms with Crippen LogP contribution >= 0.6 is 27.5 Å². The van der Waals surface area contributed by atoms with Gasteiger partial charge in [-0.05, 0) is 34.1 Å². The van der Waals surface area contributed by atoms with Crippen molar-refractivity contribution in [1.29, 1.82) is 5.26 Å². The maximum absolute atomic E-state index is 11.6. The number of hydrogen-bond acceptors (Lipinski definition) is 5. The number of benzene rings is 1. The summed E-state index contributed by atoms with van der Waals surface area (Å²) >= 11 is 9.04. The van der Waals surface area contributed by atoms with Crippen molar-refractivity contribution in [2.75, 3.05) is 26.8 Å². The standard InChI is InChI=1S/C14H14BrClN2O4/c1-18(6-2-5-17)13(19)8-22-14(20)9-21-12-4-3-10(16)7-11(12)15/h3-4,7H,2,6,8-9H2,1H3. The Balaban J connectivity index is 2.34. The molecule has 0 saturated carbocycles. The summed E-state index contributed by atoms with van der Waals surface area (Å²) in [6.07, 6.45) is 0.226. The molecule has 0 aliphatic rings. The van der Waals surface area contributed by atoms with Crippen LogP contribution in [0.25, 0.3) is 0 Å². The molecule has 0 fully saturated rings. The fraction of sp³-hybridized carbons (Fsp3) is 0.357. The van der Waals surface area contributed by atoms with Gasteiger partial charge < -0.3 is 14.4 Å². The Bertz CT molecular complexity index is 589. The van der Waals surface area contributed by atoms with E-state index in [9.17, 15) is 9.59 Å². The second kappa shape index (κ2) is 9.28. The second-order valence-corrected chi connectivity index (χ2v) is 5.54. The Morgan fingerprint density at radius 3 is 2.77 bits per heavy atom. The number of amides is 1. The van der Waals surface area contributed by atoms with Crippen molar-refractivity contribution in [1.82, 2.24) is 4.90 Å². The molecule has 0 aromatic heterocycles. The van der Waals surface area contributed by atoms with Crippen LogP contribution in [0.4, 0.5) is 0 Å². The summed E-state index contributed by atoms with van der Waals surface area (Å²) in [5.41, 5.74) is 0. The molecule has 0 aliphatic heterocycles. The maximum atomic E-state index is 11.6. The normalized spacial score (nSPS) is 9.73. The number of rotatable bonds is 7. The van der Waals surface area contributed by atoms with Crippen molar-refractivity contribution in [3.05, 3.63) is 27.7 Å². The molecule has 6 nitrogen and oxygen atoms in total. The van der Waals surface area contributed by atoms with Crippen LogP contribution in [-0.2, 0) is 14.3 Å². The molecule has 0 spiro atoms. The minimum absolute atomic E-state index is 0.226. The van der Waals surface area contributed by atoms with Gasteiger partial charge in [-0.15, -0.1) is 0 Å². The number of halogens is 2. The molecule has 0 heterocycles. The van der Waals surface area contributed by atoms with Crippen LogP contribution in [0, 0.1) is 11.3 Å². The summed E-state index contributed by atoms with van der Waals surface area (Å²) in [6, 6.07) is 6.80. The minimum atomic E-state index is -0.663. The first-order chi connectivity index (χ1) is 10.4. The predicted molar refractivity (Wildman–Crippen MR) is 83.5 cm³/mol. The third-order valence-corrected chi connectivity index (χ3v) is 3.44. The van der Waals surface area contributed by atoms with E-state index < -0.39 is 5.97 Å². The summed E-state index contributed by atoms with van der Waals surface area (Å²) in [4.78, 5) is 24.4. The number of carbonyl (C=O) groups is 2. The van der Waals surface area contributed by atoms with Gasteiger partial charge in [-0.2, -0.15) is 5.26 Å². The molecule has 0 saturated heterocycles. The minimum Gasteiger partial charge on any atom is -0.481 e. The van der Waals surface area contributed by atoms with Gasteiger partial charge in [0.05, 0.1) is 17.0 Å². The molecule has 0 N–H and O–H groups in total. The highest BCUT2D eigenvalue weighted by Crippen LogP contribution is 2.27. The Hall–Kier alpha value is -1.78. The van der Waals surface area contributed by atoms with Crippen LogP contribution in [0.1, 0.15) is 6.42 Å². The van der Waals surface area contributed by atoms with E-state index in [-0.39, 0.29) is 25.5 Å². The first-order valence-electron chi connectivity index (χ1n) is 6.28. The van der Waals surface area contributed by atoms with Gasteiger partial charge in [0.25, 0.3) is 5.91 Å². The number of hydrogen-bond donors (Lipinski definition) is 0. The lowest BCUT2D eigenvalue weighted by molar-refractivity contribution is -0.153. The van der Waals surface area contributed by atoms with Gasteiger partial charge in [0.1, 0.15) is 5.75 Å². The number of carbonyl (C=O) groups excluding carboxylic acids is 2. The monoisotopic (exact) mass is 388 g/mol. The maximum Gasteiger partial charge on any atom is 0.344 e. The highest BCUT2D eigenvalue weighted by Gasteiger charge is 2.13. The van der Waals surface area contributed by atoms with Gasteiger partial charge in [0, 0.05) is 18.6 Å². The van der Waals surface area contributed by atoms with Crippen molar-refractivity contribution in [3.63, 3.8) is 0 Å². The van der Waals surface area contributed by atoms with Gasteiger partial charge in [0.2, 0.25) is 0 Å². The summed E-state index contributed by atoms with van der Waals surface area (Å²) < 4.78 is 10.7. The van der Waals surface area contributed by atoms with Gasteiger partial charge >= 0.3 is 5.97 Å². The van der Waals surface area contributed by atoms with Gasteiger partial charge in [0.15, 0.2) is 13.2 Å². The summed E-state index contributed by atoms with van der Waals surface area (Å²) in [5.74, 6) is -0.598. The van der Waals surface area contributed by atoms with Crippen LogP contribution in [-0.4, -0.2) is 43.6 Å². The molecular formula is C14H14BrClN2O4. The molecule has 1 rings (SSSR count). The smallest absolute Gasteiger partial charge is 0.344 e. The van der Waals surface area contributed by atoms with Gasteiger partial charge in [-0.3, -0.25) is 4.79 Å². The summed E-state index contributed by atoms with van der Waals surface area (Å²) in [6.45, 7) is -0.414. The Morgan fingerprint density at radius 2 is 2.14 bits per heavy atom. The molecular weight excluding hydrogens is 376 g/mol. The van der Waals surface area contributed by atoms with Gasteiger partial charge in [-0.25, -0.2) is 4.79 Å². The largest absolute Gasteiger partial charge is 0.481 e. The average Bonchev–Trinajstić information content (AvgIpc) is 2.49. The molecule has 1 aromatic carbocycles. The Labute approximate surface area is 141 Å². The molecule has 0 aliphatic carbocycles. The first kappa shape index (κ1) is 18.3. The molecule has 22 heavy (non-hydrogen) atoms. The summed E-state index contributed by atoms with van der Waals surface area (Å²) in [5, 5.41) is 8.97. The molecule has 0 radical (unpaired) electrons. The highest BCUT2D eigenvalue weighted by atomic mass is 79.9. The Kier molecular flexibility index (Phi) is 7.71. The SMILES string of the molecule is CN(CCC#N)C(=O)COC(=O)COc1ccc(Cl)cc1Br. The van der Waals surface area contributed by atoms with E-state index >= 15 is 0 Å². The van der Waals surface area contributed by atoms with Crippen molar-refractivity contribution in [2.45, 2.75) is 6.42 Å². The topological polar surface area (TPSA) is 79.6 Å². The Morgan fingerprint density at radius 1 is 1.41 bits per heavy atom. The van der Waals surface area contributed by atoms with Crippen LogP contribution < -0.4 is 4.74 Å². The van der Waals surface area contributed by atoms with Crippen molar-refractivity contribution >= 4 is 39.4 Å². The molecule has 0 unspecified atom stereocenters. The number of likely N-dealkylation sites (N-methyl/N-ethyl adjacent to an activating group) is 1. The van der Waals surface area contributed by atoms with Crippen molar-refractivity contribution in [2.24, 2.45) is 0 Å². The summed E-state index contributed by atoms with van der Waals surface area (Å²) in [7, 11) is 1.54. The third kappa shape index (κ3) is 6.33. The number of esters is 1. The lowest BCUT2D eigenvalue weighted by Gasteiger charge is -2.15. The predicted octanol–water partition coefficient (Wildman–Crippen LogP) is 2.40. The van der Waals surface area contributed by atoms with Crippen LogP contribution in [0.3, 0.4) is 0 Å². The van der Waals surface area contributed by atoms with E-state index in [1.807, 2.05) is 6.07 Å². The molecule has 0 bridgehead atoms. The van der Waals surface area contributed by atoms with E-state index in [2.05, 4.69) is 15.9 Å². The zero-order valence-corrected chi connectivity index (χ0v) is 14.2. The number of nitrogens with zero attached hydrogens (tertiary/aromatic N) is 2. The zero-order chi connectivity index (χ0) is 16.5. The van der Waals surface area contributed by atoms with E-state index in [1.165, 1.54) is 11.9 Å². The van der Waals surface area contributed by atoms with Crippen LogP contribution in [0.15, 0.2) is 22.7 Å². The van der Waals surface area contributed by atoms with E-state index in [0.29, 0.717) is 21.8 Å². The third-order valence-electron chi connectivity index (χ3n) is 2.58. The lowest BCUT2D eigenvalue weighted by atomic mass is 10.3. The molecule has 1 amide bonds. The number of ether oxygens (including phenoxy) is 2. The highest BCUT2D eigenvalue weighted by molar-refractivity contribution is 9.10. The quantitative estimate of drug-likeness (QED) is 0.669. The van der Waals surface area contributed by atoms with Crippen molar-refractivity contribution < 1.29 is 19.1 Å². The van der Waals surface area contributed by atoms with E-state index in [0.717, 1.165) is 0 Å². The zero-order valence-electron chi connectivity index (χ0n) is 11.8. The molecule has 0 atom stereocenters.